The van der Waals surface area contributed by atoms with Crippen LogP contribution in [0.25, 0.3) is 0 Å². The average molecular weight is 473 g/mol. The highest BCUT2D eigenvalue weighted by Crippen LogP contribution is 2.50. The first-order chi connectivity index (χ1) is 15.0. The van der Waals surface area contributed by atoms with Gasteiger partial charge < -0.3 is 10.6 Å². The molecule has 2 aliphatic rings. The fourth-order valence-electron chi connectivity index (χ4n) is 4.83. The zero-order chi connectivity index (χ0) is 21.5. The van der Waals surface area contributed by atoms with E-state index in [0.29, 0.717) is 17.4 Å². The highest BCUT2D eigenvalue weighted by Gasteiger charge is 2.39. The quantitative estimate of drug-likeness (QED) is 0.397. The Morgan fingerprint density at radius 1 is 1.03 bits per heavy atom. The van der Waals surface area contributed by atoms with Gasteiger partial charge in [0, 0.05) is 16.1 Å². The zero-order valence-electron chi connectivity index (χ0n) is 17.7. The van der Waals surface area contributed by atoms with E-state index in [0.717, 1.165) is 22.3 Å². The van der Waals surface area contributed by atoms with Crippen LogP contribution in [0.3, 0.4) is 0 Å². The monoisotopic (exact) mass is 472 g/mol. The summed E-state index contributed by atoms with van der Waals surface area (Å²) in [5.41, 5.74) is 7.30. The Morgan fingerprint density at radius 2 is 1.84 bits per heavy atom. The lowest BCUT2D eigenvalue weighted by atomic mass is 9.76. The second-order valence-electron chi connectivity index (χ2n) is 8.55. The van der Waals surface area contributed by atoms with E-state index >= 15 is 0 Å². The van der Waals surface area contributed by atoms with Gasteiger partial charge in [0.15, 0.2) is 0 Å². The summed E-state index contributed by atoms with van der Waals surface area (Å²) in [6.07, 6.45) is 5.62. The Bertz CT molecular complexity index is 1180. The first kappa shape index (κ1) is 20.1. The van der Waals surface area contributed by atoms with Crippen molar-refractivity contribution >= 4 is 33.2 Å². The van der Waals surface area contributed by atoms with Crippen LogP contribution < -0.4 is 10.6 Å². The number of para-hydroxylation sites is 1. The fraction of sp³-hybridized carbons (Fsp3) is 0.222. The van der Waals surface area contributed by atoms with Crippen LogP contribution in [0.2, 0.25) is 0 Å². The van der Waals surface area contributed by atoms with Crippen molar-refractivity contribution in [2.75, 3.05) is 10.6 Å². The van der Waals surface area contributed by atoms with Gasteiger partial charge in [-0.05, 0) is 78.8 Å². The van der Waals surface area contributed by atoms with E-state index in [4.69, 9.17) is 0 Å². The number of hydrogen-bond donors (Lipinski definition) is 2. The summed E-state index contributed by atoms with van der Waals surface area (Å²) in [4.78, 5) is 13.3. The zero-order valence-corrected chi connectivity index (χ0v) is 19.2. The molecule has 1 heterocycles. The van der Waals surface area contributed by atoms with E-state index in [2.05, 4.69) is 82.9 Å². The predicted octanol–water partition coefficient (Wildman–Crippen LogP) is 7.14. The standard InChI is InChI=1S/C27H25BrN2O/c1-16-9-14-20(15-17(16)2)29-27(31)24-8-4-7-23-21-5-3-6-22(21)25(30-26(23)24)18-10-12-19(28)13-11-18/h3-5,7-15,21-22,25,30H,6H2,1-2H3,(H,29,31). The van der Waals surface area contributed by atoms with Crippen LogP contribution in [0.4, 0.5) is 11.4 Å². The van der Waals surface area contributed by atoms with Gasteiger partial charge in [0.1, 0.15) is 0 Å². The molecule has 0 saturated carbocycles. The topological polar surface area (TPSA) is 41.1 Å². The Balaban J connectivity index is 1.51. The van der Waals surface area contributed by atoms with Crippen molar-refractivity contribution in [3.05, 3.63) is 105 Å². The number of allylic oxidation sites excluding steroid dienone is 2. The number of anilines is 2. The highest BCUT2D eigenvalue weighted by atomic mass is 79.9. The minimum atomic E-state index is -0.0809. The van der Waals surface area contributed by atoms with E-state index < -0.39 is 0 Å². The Morgan fingerprint density at radius 3 is 2.61 bits per heavy atom. The maximum Gasteiger partial charge on any atom is 0.257 e. The molecule has 3 atom stereocenters. The van der Waals surface area contributed by atoms with Crippen LogP contribution in [0, 0.1) is 19.8 Å². The number of halogens is 1. The first-order valence-corrected chi connectivity index (χ1v) is 11.5. The van der Waals surface area contributed by atoms with Crippen LogP contribution in [0.15, 0.2) is 77.3 Å². The molecule has 3 aromatic carbocycles. The summed E-state index contributed by atoms with van der Waals surface area (Å²) >= 11 is 3.54. The van der Waals surface area contributed by atoms with Crippen molar-refractivity contribution in [3.63, 3.8) is 0 Å². The van der Waals surface area contributed by atoms with Crippen molar-refractivity contribution in [1.82, 2.24) is 0 Å². The molecule has 0 saturated heterocycles. The maximum atomic E-state index is 13.3. The summed E-state index contributed by atoms with van der Waals surface area (Å²) in [5.74, 6) is 0.689. The van der Waals surface area contributed by atoms with Gasteiger partial charge in [0.25, 0.3) is 5.91 Å². The van der Waals surface area contributed by atoms with E-state index in [1.165, 1.54) is 22.3 Å². The normalized spacial score (nSPS) is 21.2. The molecule has 0 fully saturated rings. The predicted molar refractivity (Wildman–Crippen MR) is 131 cm³/mol. The smallest absolute Gasteiger partial charge is 0.257 e. The third-order valence-corrected chi connectivity index (χ3v) is 7.16. The van der Waals surface area contributed by atoms with Gasteiger partial charge in [-0.3, -0.25) is 4.79 Å². The van der Waals surface area contributed by atoms with Crippen LogP contribution in [0.1, 0.15) is 51.0 Å². The third kappa shape index (κ3) is 3.70. The van der Waals surface area contributed by atoms with Gasteiger partial charge in [0.2, 0.25) is 0 Å². The van der Waals surface area contributed by atoms with Crippen LogP contribution in [-0.2, 0) is 0 Å². The highest BCUT2D eigenvalue weighted by molar-refractivity contribution is 9.10. The van der Waals surface area contributed by atoms with E-state index in [9.17, 15) is 4.79 Å². The molecular formula is C27H25BrN2O. The van der Waals surface area contributed by atoms with E-state index in [1.807, 2.05) is 30.3 Å². The SMILES string of the molecule is Cc1ccc(NC(=O)c2cccc3c2NC(c2ccc(Br)cc2)C2CC=CC32)cc1C. The number of amides is 1. The second kappa shape index (κ2) is 8.01. The largest absolute Gasteiger partial charge is 0.377 e. The molecule has 1 amide bonds. The van der Waals surface area contributed by atoms with Crippen molar-refractivity contribution in [2.24, 2.45) is 5.92 Å². The molecule has 31 heavy (non-hydrogen) atoms. The minimum absolute atomic E-state index is 0.0809. The molecule has 3 unspecified atom stereocenters. The molecule has 5 rings (SSSR count). The maximum absolute atomic E-state index is 13.3. The van der Waals surface area contributed by atoms with Crippen molar-refractivity contribution in [1.29, 1.82) is 0 Å². The van der Waals surface area contributed by atoms with Gasteiger partial charge in [-0.2, -0.15) is 0 Å². The minimum Gasteiger partial charge on any atom is -0.377 e. The molecule has 3 nitrogen and oxygen atoms in total. The summed E-state index contributed by atoms with van der Waals surface area (Å²) in [5, 5.41) is 6.84. The van der Waals surface area contributed by atoms with Crippen LogP contribution in [-0.4, -0.2) is 5.91 Å². The van der Waals surface area contributed by atoms with Crippen molar-refractivity contribution in [3.8, 4) is 0 Å². The summed E-state index contributed by atoms with van der Waals surface area (Å²) in [6, 6.07) is 20.8. The molecule has 0 aromatic heterocycles. The van der Waals surface area contributed by atoms with Gasteiger partial charge in [-0.15, -0.1) is 0 Å². The van der Waals surface area contributed by atoms with Crippen LogP contribution in [0.5, 0.6) is 0 Å². The molecule has 2 N–H and O–H groups in total. The number of hydrogen-bond acceptors (Lipinski definition) is 2. The number of nitrogens with one attached hydrogen (secondary N) is 2. The molecule has 0 radical (unpaired) electrons. The number of fused-ring (bicyclic) bond motifs is 3. The number of carbonyl (C=O) groups is 1. The number of rotatable bonds is 3. The fourth-order valence-corrected chi connectivity index (χ4v) is 5.09. The molecule has 0 bridgehead atoms. The summed E-state index contributed by atoms with van der Waals surface area (Å²) < 4.78 is 1.07. The Labute approximate surface area is 191 Å². The number of benzene rings is 3. The van der Waals surface area contributed by atoms with Gasteiger partial charge in [-0.1, -0.05) is 58.4 Å². The molecule has 1 aliphatic carbocycles. The molecule has 1 aliphatic heterocycles. The molecule has 4 heteroatoms. The lowest BCUT2D eigenvalue weighted by Gasteiger charge is -2.38. The Kier molecular flexibility index (Phi) is 5.19. The van der Waals surface area contributed by atoms with Gasteiger partial charge >= 0.3 is 0 Å². The van der Waals surface area contributed by atoms with Crippen molar-refractivity contribution < 1.29 is 4.79 Å². The Hall–Kier alpha value is -2.85. The molecule has 156 valence electrons. The summed E-state index contributed by atoms with van der Waals surface area (Å²) in [6.45, 7) is 4.14. The van der Waals surface area contributed by atoms with Gasteiger partial charge in [0.05, 0.1) is 17.3 Å². The number of carbonyl (C=O) groups excluding carboxylic acids is 1. The van der Waals surface area contributed by atoms with E-state index in [1.54, 1.807) is 0 Å². The van der Waals surface area contributed by atoms with Gasteiger partial charge in [-0.25, -0.2) is 0 Å². The molecular weight excluding hydrogens is 448 g/mol. The lowest BCUT2D eigenvalue weighted by Crippen LogP contribution is -2.30. The summed E-state index contributed by atoms with van der Waals surface area (Å²) in [7, 11) is 0. The third-order valence-electron chi connectivity index (χ3n) is 6.64. The second-order valence-corrected chi connectivity index (χ2v) is 9.47. The lowest BCUT2D eigenvalue weighted by molar-refractivity contribution is 0.102. The molecule has 3 aromatic rings. The van der Waals surface area contributed by atoms with Crippen LogP contribution >= 0.6 is 15.9 Å². The van der Waals surface area contributed by atoms with Crippen molar-refractivity contribution in [2.45, 2.75) is 32.2 Å². The average Bonchev–Trinajstić information content (AvgIpc) is 3.26. The first-order valence-electron chi connectivity index (χ1n) is 10.7. The number of aryl methyl sites for hydroxylation is 2. The van der Waals surface area contributed by atoms with E-state index in [-0.39, 0.29) is 11.9 Å². The molecule has 0 spiro atoms.